The van der Waals surface area contributed by atoms with Gasteiger partial charge < -0.3 is 14.8 Å². The average molecular weight is 298 g/mol. The van der Waals surface area contributed by atoms with E-state index in [2.05, 4.69) is 15.9 Å². The first-order valence-corrected chi connectivity index (χ1v) is 6.03. The number of aromatic nitrogens is 1. The number of benzene rings is 1. The number of hydrogen-bond donors (Lipinski definition) is 2. The van der Waals surface area contributed by atoms with Crippen LogP contribution in [0.15, 0.2) is 28.9 Å². The molecule has 0 radical (unpaired) electrons. The lowest BCUT2D eigenvalue weighted by Gasteiger charge is -2.04. The Kier molecular flexibility index (Phi) is 3.22. The molecule has 1 atom stereocenters. The molecule has 2 aromatic rings. The standard InChI is InChI=1S/C12H12BrNO3/c1-2-14-6-7(11(15)12(16)17)10-8(13)4-3-5-9(10)14/h3-6,11,15H,2H2,1H3,(H,16,17). The molecular weight excluding hydrogens is 286 g/mol. The molecule has 0 fully saturated rings. The smallest absolute Gasteiger partial charge is 0.337 e. The lowest BCUT2D eigenvalue weighted by atomic mass is 10.1. The Hall–Kier alpha value is -1.33. The fourth-order valence-electron chi connectivity index (χ4n) is 1.94. The number of carboxylic acids is 1. The fourth-order valence-corrected chi connectivity index (χ4v) is 2.53. The highest BCUT2D eigenvalue weighted by Crippen LogP contribution is 2.32. The van der Waals surface area contributed by atoms with Crippen LogP contribution in [0.3, 0.4) is 0 Å². The fraction of sp³-hybridized carbons (Fsp3) is 0.250. The van der Waals surface area contributed by atoms with E-state index in [9.17, 15) is 9.90 Å². The van der Waals surface area contributed by atoms with Gasteiger partial charge in [0.1, 0.15) is 0 Å². The van der Waals surface area contributed by atoms with Crippen LogP contribution in [0.5, 0.6) is 0 Å². The quantitative estimate of drug-likeness (QED) is 0.915. The molecule has 0 saturated heterocycles. The number of nitrogens with zero attached hydrogens (tertiary/aromatic N) is 1. The van der Waals surface area contributed by atoms with Crippen LogP contribution in [-0.4, -0.2) is 20.7 Å². The third-order valence-electron chi connectivity index (χ3n) is 2.75. The van der Waals surface area contributed by atoms with E-state index < -0.39 is 12.1 Å². The van der Waals surface area contributed by atoms with Gasteiger partial charge in [0.2, 0.25) is 0 Å². The molecule has 0 saturated carbocycles. The SMILES string of the molecule is CCn1cc(C(O)C(=O)O)c2c(Br)cccc21. The third kappa shape index (κ3) is 1.96. The Morgan fingerprint density at radius 2 is 2.24 bits per heavy atom. The van der Waals surface area contributed by atoms with Gasteiger partial charge in [0.15, 0.2) is 6.10 Å². The molecule has 5 heteroatoms. The summed E-state index contributed by atoms with van der Waals surface area (Å²) in [6.45, 7) is 2.69. The molecule has 4 nitrogen and oxygen atoms in total. The van der Waals surface area contributed by atoms with Gasteiger partial charge in [-0.3, -0.25) is 0 Å². The number of hydrogen-bond acceptors (Lipinski definition) is 2. The number of carboxylic acid groups (broad SMARTS) is 1. The first-order chi connectivity index (χ1) is 8.06. The molecule has 1 unspecified atom stereocenters. The summed E-state index contributed by atoms with van der Waals surface area (Å²) in [7, 11) is 0. The number of halogens is 1. The molecule has 2 N–H and O–H groups in total. The van der Waals surface area contributed by atoms with Crippen molar-refractivity contribution in [2.75, 3.05) is 0 Å². The number of fused-ring (bicyclic) bond motifs is 1. The zero-order valence-electron chi connectivity index (χ0n) is 9.22. The highest BCUT2D eigenvalue weighted by molar-refractivity contribution is 9.10. The maximum Gasteiger partial charge on any atom is 0.337 e. The van der Waals surface area contributed by atoms with Crippen molar-refractivity contribution in [1.82, 2.24) is 4.57 Å². The summed E-state index contributed by atoms with van der Waals surface area (Å²) in [5.41, 5.74) is 1.33. The van der Waals surface area contributed by atoms with Crippen LogP contribution >= 0.6 is 15.9 Å². The van der Waals surface area contributed by atoms with Gasteiger partial charge in [0, 0.05) is 33.7 Å². The summed E-state index contributed by atoms with van der Waals surface area (Å²) < 4.78 is 2.71. The van der Waals surface area contributed by atoms with E-state index in [1.54, 1.807) is 6.20 Å². The van der Waals surface area contributed by atoms with Crippen molar-refractivity contribution in [2.45, 2.75) is 19.6 Å². The summed E-state index contributed by atoms with van der Waals surface area (Å²) in [6.07, 6.45) is 0.192. The second-order valence-electron chi connectivity index (χ2n) is 3.75. The van der Waals surface area contributed by atoms with Gasteiger partial charge in [-0.25, -0.2) is 4.79 Å². The predicted molar refractivity (Wildman–Crippen MR) is 67.9 cm³/mol. The lowest BCUT2D eigenvalue weighted by molar-refractivity contribution is -0.146. The number of rotatable bonds is 3. The Bertz CT molecular complexity index is 576. The van der Waals surface area contributed by atoms with Crippen molar-refractivity contribution in [2.24, 2.45) is 0 Å². The minimum Gasteiger partial charge on any atom is -0.479 e. The van der Waals surface area contributed by atoms with E-state index >= 15 is 0 Å². The number of aliphatic hydroxyl groups is 1. The molecule has 17 heavy (non-hydrogen) atoms. The molecule has 90 valence electrons. The molecular formula is C12H12BrNO3. The van der Waals surface area contributed by atoms with Gasteiger partial charge >= 0.3 is 5.97 Å². The monoisotopic (exact) mass is 297 g/mol. The van der Waals surface area contributed by atoms with Gasteiger partial charge in [0.05, 0.1) is 0 Å². The maximum atomic E-state index is 10.9. The molecule has 1 aromatic carbocycles. The van der Waals surface area contributed by atoms with Gasteiger partial charge in [0.25, 0.3) is 0 Å². The minimum absolute atomic E-state index is 0.418. The van der Waals surface area contributed by atoms with Crippen molar-refractivity contribution in [3.63, 3.8) is 0 Å². The molecule has 0 amide bonds. The van der Waals surface area contributed by atoms with Crippen LogP contribution in [0.25, 0.3) is 10.9 Å². The van der Waals surface area contributed by atoms with E-state index in [1.807, 2.05) is 29.7 Å². The Morgan fingerprint density at radius 3 is 2.82 bits per heavy atom. The first-order valence-electron chi connectivity index (χ1n) is 5.24. The van der Waals surface area contributed by atoms with Crippen molar-refractivity contribution in [3.05, 3.63) is 34.4 Å². The van der Waals surface area contributed by atoms with Crippen LogP contribution in [0.2, 0.25) is 0 Å². The van der Waals surface area contributed by atoms with E-state index in [1.165, 1.54) is 0 Å². The molecule has 2 rings (SSSR count). The zero-order valence-corrected chi connectivity index (χ0v) is 10.8. The highest BCUT2D eigenvalue weighted by atomic mass is 79.9. The Morgan fingerprint density at radius 1 is 1.53 bits per heavy atom. The average Bonchev–Trinajstić information content (AvgIpc) is 2.68. The van der Waals surface area contributed by atoms with Crippen molar-refractivity contribution >= 4 is 32.8 Å². The second kappa shape index (κ2) is 4.50. The molecule has 0 aliphatic rings. The molecule has 0 aliphatic heterocycles. The predicted octanol–water partition coefficient (Wildman–Crippen LogP) is 2.54. The van der Waals surface area contributed by atoms with Crippen LogP contribution < -0.4 is 0 Å². The van der Waals surface area contributed by atoms with E-state index in [0.717, 1.165) is 21.9 Å². The topological polar surface area (TPSA) is 62.5 Å². The highest BCUT2D eigenvalue weighted by Gasteiger charge is 2.22. The van der Waals surface area contributed by atoms with Gasteiger partial charge in [-0.15, -0.1) is 0 Å². The molecule has 1 aromatic heterocycles. The third-order valence-corrected chi connectivity index (χ3v) is 3.41. The van der Waals surface area contributed by atoms with E-state index in [4.69, 9.17) is 5.11 Å². The van der Waals surface area contributed by atoms with E-state index in [0.29, 0.717) is 5.56 Å². The molecule has 0 bridgehead atoms. The Labute approximate surface area is 107 Å². The number of aliphatic hydroxyl groups excluding tert-OH is 1. The van der Waals surface area contributed by atoms with Crippen LogP contribution in [-0.2, 0) is 11.3 Å². The molecule has 0 aliphatic carbocycles. The first kappa shape index (κ1) is 12.1. The molecule has 0 spiro atoms. The van der Waals surface area contributed by atoms with Crippen LogP contribution in [0.4, 0.5) is 0 Å². The van der Waals surface area contributed by atoms with E-state index in [-0.39, 0.29) is 0 Å². The normalized spacial score (nSPS) is 12.9. The van der Waals surface area contributed by atoms with Gasteiger partial charge in [-0.1, -0.05) is 22.0 Å². The van der Waals surface area contributed by atoms with Crippen molar-refractivity contribution < 1.29 is 15.0 Å². The maximum absolute atomic E-state index is 10.9. The van der Waals surface area contributed by atoms with Gasteiger partial charge in [-0.2, -0.15) is 0 Å². The summed E-state index contributed by atoms with van der Waals surface area (Å²) in [5.74, 6) is -1.24. The lowest BCUT2D eigenvalue weighted by Crippen LogP contribution is -2.10. The zero-order chi connectivity index (χ0) is 12.6. The number of aryl methyl sites for hydroxylation is 1. The van der Waals surface area contributed by atoms with Crippen molar-refractivity contribution in [3.8, 4) is 0 Å². The van der Waals surface area contributed by atoms with Crippen LogP contribution in [0, 0.1) is 0 Å². The van der Waals surface area contributed by atoms with Gasteiger partial charge in [-0.05, 0) is 19.1 Å². The second-order valence-corrected chi connectivity index (χ2v) is 4.60. The number of carbonyl (C=O) groups is 1. The summed E-state index contributed by atoms with van der Waals surface area (Å²) in [5, 5.41) is 19.3. The largest absolute Gasteiger partial charge is 0.479 e. The minimum atomic E-state index is -1.50. The van der Waals surface area contributed by atoms with Crippen LogP contribution in [0.1, 0.15) is 18.6 Å². The van der Waals surface area contributed by atoms with Crippen molar-refractivity contribution in [1.29, 1.82) is 0 Å². The summed E-state index contributed by atoms with van der Waals surface area (Å²) in [4.78, 5) is 10.9. The summed E-state index contributed by atoms with van der Waals surface area (Å²) in [6, 6.07) is 5.62. The molecule has 1 heterocycles. The summed E-state index contributed by atoms with van der Waals surface area (Å²) >= 11 is 3.39. The Balaban J connectivity index is 2.75. The number of aliphatic carboxylic acids is 1.